The van der Waals surface area contributed by atoms with Gasteiger partial charge in [0.25, 0.3) is 5.91 Å². The van der Waals surface area contributed by atoms with Crippen LogP contribution in [0.15, 0.2) is 30.6 Å². The van der Waals surface area contributed by atoms with Crippen molar-refractivity contribution in [2.75, 3.05) is 11.9 Å². The number of ether oxygens (including phenoxy) is 1. The molecule has 20 heavy (non-hydrogen) atoms. The molecule has 0 aliphatic carbocycles. The van der Waals surface area contributed by atoms with E-state index in [1.165, 1.54) is 6.20 Å². The van der Waals surface area contributed by atoms with Crippen LogP contribution in [0.1, 0.15) is 23.5 Å². The number of nitrogens with zero attached hydrogens (tertiary/aromatic N) is 1. The van der Waals surface area contributed by atoms with Crippen molar-refractivity contribution in [1.29, 1.82) is 0 Å². The number of dihydropyridines is 1. The molecule has 1 amide bonds. The van der Waals surface area contributed by atoms with E-state index in [9.17, 15) is 9.59 Å². The molecule has 2 heterocycles. The van der Waals surface area contributed by atoms with Gasteiger partial charge in [-0.25, -0.2) is 9.78 Å². The molecule has 0 aromatic carbocycles. The van der Waals surface area contributed by atoms with Crippen LogP contribution in [0.2, 0.25) is 0 Å². The van der Waals surface area contributed by atoms with E-state index in [4.69, 9.17) is 4.74 Å². The van der Waals surface area contributed by atoms with E-state index < -0.39 is 11.5 Å². The van der Waals surface area contributed by atoms with Gasteiger partial charge in [-0.15, -0.1) is 0 Å². The Kier molecular flexibility index (Phi) is 4.19. The zero-order chi connectivity index (χ0) is 14.6. The smallest absolute Gasteiger partial charge is 0.350 e. The molecule has 6 nitrogen and oxygen atoms in total. The van der Waals surface area contributed by atoms with Crippen molar-refractivity contribution in [3.8, 4) is 0 Å². The van der Waals surface area contributed by atoms with Gasteiger partial charge in [0.2, 0.25) is 0 Å². The number of esters is 1. The first kappa shape index (κ1) is 14.3. The summed E-state index contributed by atoms with van der Waals surface area (Å²) in [5.41, 5.74) is -0.829. The standard InChI is InChI=1S/C13H15N3O3S/c1-3-19-10(17)9-8-14-12(20-9)16-11(18)13(2)6-4-5-7-15-13/h4-8,15H,3H2,1-2H3,(H,14,16,18). The number of nitrogens with one attached hydrogen (secondary N) is 2. The summed E-state index contributed by atoms with van der Waals surface area (Å²) in [5, 5.41) is 6.02. The maximum Gasteiger partial charge on any atom is 0.350 e. The summed E-state index contributed by atoms with van der Waals surface area (Å²) < 4.78 is 4.87. The van der Waals surface area contributed by atoms with Gasteiger partial charge in [0.15, 0.2) is 5.13 Å². The van der Waals surface area contributed by atoms with Gasteiger partial charge >= 0.3 is 5.97 Å². The molecule has 0 bridgehead atoms. The molecule has 1 aliphatic heterocycles. The molecule has 1 aromatic heterocycles. The van der Waals surface area contributed by atoms with Crippen molar-refractivity contribution in [2.24, 2.45) is 0 Å². The molecule has 2 rings (SSSR count). The van der Waals surface area contributed by atoms with Crippen LogP contribution in [0.4, 0.5) is 5.13 Å². The van der Waals surface area contributed by atoms with E-state index in [0.717, 1.165) is 11.3 Å². The quantitative estimate of drug-likeness (QED) is 0.826. The van der Waals surface area contributed by atoms with Crippen molar-refractivity contribution >= 4 is 28.3 Å². The number of carbonyl (C=O) groups is 2. The zero-order valence-corrected chi connectivity index (χ0v) is 12.0. The highest BCUT2D eigenvalue weighted by atomic mass is 32.1. The van der Waals surface area contributed by atoms with Gasteiger partial charge in [0, 0.05) is 0 Å². The Labute approximate surface area is 120 Å². The Morgan fingerprint density at radius 2 is 2.30 bits per heavy atom. The van der Waals surface area contributed by atoms with E-state index in [-0.39, 0.29) is 5.91 Å². The molecule has 0 saturated carbocycles. The lowest BCUT2D eigenvalue weighted by Gasteiger charge is -2.26. The van der Waals surface area contributed by atoms with Gasteiger partial charge in [-0.1, -0.05) is 23.5 Å². The summed E-state index contributed by atoms with van der Waals surface area (Å²) in [6.45, 7) is 3.79. The monoisotopic (exact) mass is 293 g/mol. The molecule has 106 valence electrons. The lowest BCUT2D eigenvalue weighted by Crippen LogP contribution is -2.49. The Bertz CT molecular complexity index is 579. The third-order valence-electron chi connectivity index (χ3n) is 2.69. The van der Waals surface area contributed by atoms with Gasteiger partial charge < -0.3 is 10.1 Å². The molecular weight excluding hydrogens is 278 g/mol. The number of hydrogen-bond donors (Lipinski definition) is 2. The molecule has 0 radical (unpaired) electrons. The Hall–Kier alpha value is -2.15. The number of thiazole rings is 1. The minimum absolute atomic E-state index is 0.247. The second-order valence-corrected chi connectivity index (χ2v) is 5.30. The van der Waals surface area contributed by atoms with Gasteiger partial charge in [-0.05, 0) is 26.1 Å². The average Bonchev–Trinajstić information content (AvgIpc) is 2.88. The first-order valence-corrected chi connectivity index (χ1v) is 6.93. The molecule has 1 aliphatic rings. The van der Waals surface area contributed by atoms with Crippen LogP contribution in [0.25, 0.3) is 0 Å². The van der Waals surface area contributed by atoms with Crippen molar-refractivity contribution in [3.63, 3.8) is 0 Å². The first-order chi connectivity index (χ1) is 9.55. The first-order valence-electron chi connectivity index (χ1n) is 6.11. The largest absolute Gasteiger partial charge is 0.462 e. The van der Waals surface area contributed by atoms with Crippen molar-refractivity contribution < 1.29 is 14.3 Å². The molecule has 7 heteroatoms. The lowest BCUT2D eigenvalue weighted by molar-refractivity contribution is -0.119. The fourth-order valence-corrected chi connectivity index (χ4v) is 2.27. The molecule has 1 unspecified atom stereocenters. The fraction of sp³-hybridized carbons (Fsp3) is 0.308. The summed E-state index contributed by atoms with van der Waals surface area (Å²) in [7, 11) is 0. The van der Waals surface area contributed by atoms with Crippen LogP contribution in [-0.4, -0.2) is 29.0 Å². The minimum Gasteiger partial charge on any atom is -0.462 e. The van der Waals surface area contributed by atoms with Crippen LogP contribution < -0.4 is 10.6 Å². The van der Waals surface area contributed by atoms with Crippen molar-refractivity contribution in [1.82, 2.24) is 10.3 Å². The molecule has 1 atom stereocenters. The van der Waals surface area contributed by atoms with Crippen LogP contribution >= 0.6 is 11.3 Å². The van der Waals surface area contributed by atoms with Crippen molar-refractivity contribution in [2.45, 2.75) is 19.4 Å². The predicted molar refractivity (Wildman–Crippen MR) is 76.5 cm³/mol. The van der Waals surface area contributed by atoms with E-state index in [1.807, 2.05) is 0 Å². The maximum absolute atomic E-state index is 12.2. The number of rotatable bonds is 4. The van der Waals surface area contributed by atoms with Crippen LogP contribution in [0.3, 0.4) is 0 Å². The summed E-state index contributed by atoms with van der Waals surface area (Å²) >= 11 is 1.08. The number of anilines is 1. The summed E-state index contributed by atoms with van der Waals surface area (Å²) in [4.78, 5) is 28.1. The van der Waals surface area contributed by atoms with Crippen LogP contribution in [0.5, 0.6) is 0 Å². The van der Waals surface area contributed by atoms with E-state index in [2.05, 4.69) is 15.6 Å². The van der Waals surface area contributed by atoms with Gasteiger partial charge in [0.05, 0.1) is 12.8 Å². The third-order valence-corrected chi connectivity index (χ3v) is 3.59. The van der Waals surface area contributed by atoms with Gasteiger partial charge in [0.1, 0.15) is 10.4 Å². The number of aromatic nitrogens is 1. The summed E-state index contributed by atoms with van der Waals surface area (Å²) in [5.74, 6) is -0.682. The Balaban J connectivity index is 2.03. The minimum atomic E-state index is -0.829. The summed E-state index contributed by atoms with van der Waals surface area (Å²) in [6.07, 6.45) is 8.44. The normalized spacial score (nSPS) is 20.3. The molecule has 0 spiro atoms. The van der Waals surface area contributed by atoms with E-state index in [1.54, 1.807) is 38.3 Å². The topological polar surface area (TPSA) is 80.3 Å². The fourth-order valence-electron chi connectivity index (χ4n) is 1.57. The SMILES string of the molecule is CCOC(=O)c1cnc(NC(=O)C2(C)C=CC=CN2)s1. The number of carbonyl (C=O) groups excluding carboxylic acids is 2. The Morgan fingerprint density at radius 3 is 2.95 bits per heavy atom. The second kappa shape index (κ2) is 5.87. The Morgan fingerprint density at radius 1 is 1.50 bits per heavy atom. The van der Waals surface area contributed by atoms with Crippen LogP contribution in [-0.2, 0) is 9.53 Å². The zero-order valence-electron chi connectivity index (χ0n) is 11.2. The highest BCUT2D eigenvalue weighted by Crippen LogP contribution is 2.21. The number of amides is 1. The predicted octanol–water partition coefficient (Wildman–Crippen LogP) is 1.69. The van der Waals surface area contributed by atoms with Gasteiger partial charge in [-0.3, -0.25) is 10.1 Å². The highest BCUT2D eigenvalue weighted by Gasteiger charge is 2.30. The van der Waals surface area contributed by atoms with Gasteiger partial charge in [-0.2, -0.15) is 0 Å². The average molecular weight is 293 g/mol. The molecule has 0 fully saturated rings. The molecule has 2 N–H and O–H groups in total. The summed E-state index contributed by atoms with van der Waals surface area (Å²) in [6, 6.07) is 0. The molecule has 0 saturated heterocycles. The van der Waals surface area contributed by atoms with E-state index in [0.29, 0.717) is 16.6 Å². The van der Waals surface area contributed by atoms with Crippen molar-refractivity contribution in [3.05, 3.63) is 35.5 Å². The lowest BCUT2D eigenvalue weighted by atomic mass is 9.99. The number of allylic oxidation sites excluding steroid dienone is 2. The third kappa shape index (κ3) is 3.05. The second-order valence-electron chi connectivity index (χ2n) is 4.27. The maximum atomic E-state index is 12.2. The highest BCUT2D eigenvalue weighted by molar-refractivity contribution is 7.17. The molecule has 1 aromatic rings. The van der Waals surface area contributed by atoms with E-state index >= 15 is 0 Å². The van der Waals surface area contributed by atoms with Crippen LogP contribution in [0, 0.1) is 0 Å². The number of hydrogen-bond acceptors (Lipinski definition) is 6. The molecular formula is C13H15N3O3S.